The number of thiophene rings is 1. The maximum absolute atomic E-state index is 11.4. The fourth-order valence-corrected chi connectivity index (χ4v) is 4.87. The fourth-order valence-electron chi connectivity index (χ4n) is 3.80. The summed E-state index contributed by atoms with van der Waals surface area (Å²) in [6, 6.07) is 0. The second-order valence-electron chi connectivity index (χ2n) is 5.99. The molecule has 2 N–H and O–H groups in total. The van der Waals surface area contributed by atoms with Crippen LogP contribution in [0.4, 0.5) is 0 Å². The minimum absolute atomic E-state index is 0.253. The third kappa shape index (κ3) is 0.877. The molecule has 0 bridgehead atoms. The highest BCUT2D eigenvalue weighted by Crippen LogP contribution is 2.80. The number of rotatable bonds is 1. The lowest BCUT2D eigenvalue weighted by atomic mass is 9.90. The van der Waals surface area contributed by atoms with Crippen molar-refractivity contribution >= 4 is 17.2 Å². The third-order valence-electron chi connectivity index (χ3n) is 5.04. The Bertz CT molecular complexity index is 514. The molecule has 2 nitrogen and oxygen atoms in total. The van der Waals surface area contributed by atoms with E-state index in [9.17, 15) is 4.79 Å². The maximum Gasteiger partial charge on any atom is 0.259 e. The first-order chi connectivity index (χ1) is 7.30. The average molecular weight is 235 g/mol. The predicted molar refractivity (Wildman–Crippen MR) is 65.9 cm³/mol. The number of carbonyl (C=O) groups is 1. The zero-order valence-corrected chi connectivity index (χ0v) is 11.0. The molecule has 1 fully saturated rings. The van der Waals surface area contributed by atoms with Crippen LogP contribution in [0.2, 0.25) is 0 Å². The maximum atomic E-state index is 11.4. The lowest BCUT2D eigenvalue weighted by Gasteiger charge is -2.14. The predicted octanol–water partition coefficient (Wildman–Crippen LogP) is 2.84. The van der Waals surface area contributed by atoms with E-state index in [-0.39, 0.29) is 5.91 Å². The van der Waals surface area contributed by atoms with Crippen molar-refractivity contribution in [3.63, 3.8) is 0 Å². The fraction of sp³-hybridized carbons (Fsp3) is 0.615. The first-order valence-corrected chi connectivity index (χ1v) is 6.54. The molecule has 1 amide bonds. The Kier molecular flexibility index (Phi) is 1.63. The van der Waals surface area contributed by atoms with Crippen LogP contribution >= 0.6 is 11.3 Å². The van der Waals surface area contributed by atoms with Crippen LogP contribution in [0.25, 0.3) is 0 Å². The molecular formula is C13H17NOS. The summed E-state index contributed by atoms with van der Waals surface area (Å²) in [6.07, 6.45) is 1.03. The van der Waals surface area contributed by atoms with E-state index in [1.165, 1.54) is 16.0 Å². The molecule has 86 valence electrons. The number of aryl methyl sites for hydroxylation is 1. The van der Waals surface area contributed by atoms with Crippen LogP contribution in [0.3, 0.4) is 0 Å². The van der Waals surface area contributed by atoms with Gasteiger partial charge in [-0.3, -0.25) is 4.79 Å². The van der Waals surface area contributed by atoms with E-state index in [2.05, 4.69) is 27.7 Å². The molecule has 0 aromatic carbocycles. The topological polar surface area (TPSA) is 43.1 Å². The first kappa shape index (κ1) is 10.3. The Morgan fingerprint density at radius 3 is 2.62 bits per heavy atom. The molecule has 16 heavy (non-hydrogen) atoms. The summed E-state index contributed by atoms with van der Waals surface area (Å²) < 4.78 is 0. The van der Waals surface area contributed by atoms with E-state index in [0.717, 1.165) is 11.3 Å². The number of hydrogen-bond donors (Lipinski definition) is 1. The molecule has 0 aliphatic heterocycles. The smallest absolute Gasteiger partial charge is 0.259 e. The van der Waals surface area contributed by atoms with Gasteiger partial charge >= 0.3 is 0 Å². The molecular weight excluding hydrogens is 218 g/mol. The highest BCUT2D eigenvalue weighted by molar-refractivity contribution is 7.14. The summed E-state index contributed by atoms with van der Waals surface area (Å²) in [5.41, 5.74) is 8.88. The van der Waals surface area contributed by atoms with Gasteiger partial charge in [-0.2, -0.15) is 0 Å². The first-order valence-electron chi connectivity index (χ1n) is 5.72. The van der Waals surface area contributed by atoms with Gasteiger partial charge < -0.3 is 5.73 Å². The quantitative estimate of drug-likeness (QED) is 0.799. The van der Waals surface area contributed by atoms with E-state index < -0.39 is 0 Å². The summed E-state index contributed by atoms with van der Waals surface area (Å²) in [7, 11) is 0. The molecule has 1 aromatic rings. The number of fused-ring (bicyclic) bond motifs is 3. The van der Waals surface area contributed by atoms with Gasteiger partial charge in [0, 0.05) is 4.88 Å². The summed E-state index contributed by atoms with van der Waals surface area (Å²) >= 11 is 1.58. The summed E-state index contributed by atoms with van der Waals surface area (Å²) in [5.74, 6) is 0.386. The van der Waals surface area contributed by atoms with Gasteiger partial charge in [0.2, 0.25) is 0 Å². The van der Waals surface area contributed by atoms with E-state index in [1.54, 1.807) is 11.3 Å². The van der Waals surface area contributed by atoms with Crippen molar-refractivity contribution < 1.29 is 4.79 Å². The van der Waals surface area contributed by atoms with Gasteiger partial charge in [-0.1, -0.05) is 20.8 Å². The van der Waals surface area contributed by atoms with Crippen molar-refractivity contribution in [3.05, 3.63) is 20.9 Å². The third-order valence-corrected chi connectivity index (χ3v) is 6.22. The molecule has 1 saturated carbocycles. The molecule has 1 aromatic heterocycles. The van der Waals surface area contributed by atoms with Gasteiger partial charge in [-0.05, 0) is 41.2 Å². The van der Waals surface area contributed by atoms with Gasteiger partial charge in [-0.15, -0.1) is 11.3 Å². The Hall–Kier alpha value is -0.830. The molecule has 2 atom stereocenters. The van der Waals surface area contributed by atoms with Crippen LogP contribution in [-0.2, 0) is 6.42 Å². The minimum Gasteiger partial charge on any atom is -0.365 e. The number of hydrogen-bond acceptors (Lipinski definition) is 2. The largest absolute Gasteiger partial charge is 0.365 e. The van der Waals surface area contributed by atoms with Crippen molar-refractivity contribution in [2.45, 2.75) is 40.0 Å². The highest BCUT2D eigenvalue weighted by Gasteiger charge is 2.72. The van der Waals surface area contributed by atoms with Crippen molar-refractivity contribution in [1.29, 1.82) is 0 Å². The Labute approximate surface area is 99.8 Å². The van der Waals surface area contributed by atoms with Gasteiger partial charge in [0.05, 0.1) is 4.88 Å². The number of primary amides is 1. The van der Waals surface area contributed by atoms with Crippen LogP contribution in [0.5, 0.6) is 0 Å². The lowest BCUT2D eigenvalue weighted by Crippen LogP contribution is -2.14. The van der Waals surface area contributed by atoms with Crippen LogP contribution in [0.1, 0.15) is 52.4 Å². The molecule has 2 aliphatic carbocycles. The van der Waals surface area contributed by atoms with Crippen LogP contribution in [0.15, 0.2) is 0 Å². The zero-order valence-electron chi connectivity index (χ0n) is 10.2. The molecule has 3 rings (SSSR count). The molecule has 0 radical (unpaired) electrons. The van der Waals surface area contributed by atoms with Gasteiger partial charge in [0.25, 0.3) is 5.91 Å². The van der Waals surface area contributed by atoms with Gasteiger partial charge in [0.1, 0.15) is 0 Å². The number of nitrogens with two attached hydrogens (primary N) is 1. The highest BCUT2D eigenvalue weighted by atomic mass is 32.1. The Morgan fingerprint density at radius 2 is 2.06 bits per heavy atom. The van der Waals surface area contributed by atoms with Crippen molar-refractivity contribution in [3.8, 4) is 0 Å². The second-order valence-corrected chi connectivity index (χ2v) is 7.22. The summed E-state index contributed by atoms with van der Waals surface area (Å²) in [5, 5.41) is 0. The number of amides is 1. The van der Waals surface area contributed by atoms with Crippen LogP contribution in [-0.4, -0.2) is 5.91 Å². The molecule has 0 spiro atoms. The molecule has 0 saturated heterocycles. The normalized spacial score (nSPS) is 33.4. The standard InChI is InChI=1S/C13H17NOS/c1-6-8-7(9(16-6)11(14)15)5-13(4)10(8)12(13,2)3/h10H,5H2,1-4H3,(H2,14,15)/t10-,13-/m1/s1. The van der Waals surface area contributed by atoms with Crippen LogP contribution < -0.4 is 5.73 Å². The molecule has 0 unspecified atom stereocenters. The minimum atomic E-state index is -0.253. The second kappa shape index (κ2) is 2.53. The van der Waals surface area contributed by atoms with Crippen molar-refractivity contribution in [1.82, 2.24) is 0 Å². The lowest BCUT2D eigenvalue weighted by molar-refractivity contribution is 0.100. The zero-order chi connectivity index (χ0) is 11.9. The van der Waals surface area contributed by atoms with Crippen molar-refractivity contribution in [2.24, 2.45) is 16.6 Å². The average Bonchev–Trinajstić information content (AvgIpc) is 2.53. The van der Waals surface area contributed by atoms with Gasteiger partial charge in [0.15, 0.2) is 0 Å². The summed E-state index contributed by atoms with van der Waals surface area (Å²) in [6.45, 7) is 9.13. The van der Waals surface area contributed by atoms with Crippen molar-refractivity contribution in [2.75, 3.05) is 0 Å². The van der Waals surface area contributed by atoms with Gasteiger partial charge in [-0.25, -0.2) is 0 Å². The molecule has 3 heteroatoms. The molecule has 2 aliphatic rings. The van der Waals surface area contributed by atoms with E-state index in [1.807, 2.05) is 0 Å². The molecule has 1 heterocycles. The van der Waals surface area contributed by atoms with E-state index in [0.29, 0.717) is 16.7 Å². The Morgan fingerprint density at radius 1 is 1.44 bits per heavy atom. The van der Waals surface area contributed by atoms with E-state index >= 15 is 0 Å². The van der Waals surface area contributed by atoms with Crippen LogP contribution in [0, 0.1) is 17.8 Å². The van der Waals surface area contributed by atoms with E-state index in [4.69, 9.17) is 5.73 Å². The summed E-state index contributed by atoms with van der Waals surface area (Å²) in [4.78, 5) is 13.5. The Balaban J connectivity index is 2.18. The number of carbonyl (C=O) groups excluding carboxylic acids is 1. The SMILES string of the molecule is Cc1sc(C(N)=O)c2c1[C@@H]1C(C)(C)[C@]1(C)C2. The monoisotopic (exact) mass is 235 g/mol.